The second-order valence-corrected chi connectivity index (χ2v) is 11.3. The third-order valence-corrected chi connectivity index (χ3v) is 9.33. The molecule has 0 spiro atoms. The zero-order valence-electron chi connectivity index (χ0n) is 16.0. The Morgan fingerprint density at radius 2 is 1.70 bits per heavy atom. The maximum Gasteiger partial charge on any atom is 0.240 e. The lowest BCUT2D eigenvalue weighted by Gasteiger charge is -2.59. The average molecular weight is 389 g/mol. The number of anilines is 1. The summed E-state index contributed by atoms with van der Waals surface area (Å²) in [5, 5.41) is 2.80. The van der Waals surface area contributed by atoms with Gasteiger partial charge in [0.25, 0.3) is 0 Å². The van der Waals surface area contributed by atoms with Gasteiger partial charge in [-0.2, -0.15) is 0 Å². The third-order valence-electron chi connectivity index (χ3n) is 7.79. The van der Waals surface area contributed by atoms with E-state index in [1.165, 1.54) is 38.5 Å². The normalized spacial score (nSPS) is 37.9. The van der Waals surface area contributed by atoms with Crippen molar-refractivity contribution in [3.05, 3.63) is 23.8 Å². The smallest absolute Gasteiger partial charge is 0.240 e. The van der Waals surface area contributed by atoms with Gasteiger partial charge in [-0.25, -0.2) is 13.1 Å². The van der Waals surface area contributed by atoms with Crippen molar-refractivity contribution < 1.29 is 13.2 Å². The summed E-state index contributed by atoms with van der Waals surface area (Å²) in [4.78, 5) is 12.1. The molecule has 5 aliphatic rings. The number of sulfonamides is 1. The quantitative estimate of drug-likeness (QED) is 0.827. The molecule has 0 aromatic heterocycles. The Morgan fingerprint density at radius 1 is 1.11 bits per heavy atom. The van der Waals surface area contributed by atoms with Crippen LogP contribution in [-0.4, -0.2) is 20.4 Å². The maximum atomic E-state index is 13.1. The minimum absolute atomic E-state index is 0.0543. The number of benzene rings is 1. The molecule has 6 heteroatoms. The molecular formula is C21H28N2O3S. The van der Waals surface area contributed by atoms with Gasteiger partial charge in [0.05, 0.1) is 10.8 Å². The van der Waals surface area contributed by atoms with Gasteiger partial charge in [-0.1, -0.05) is 0 Å². The number of amides is 1. The summed E-state index contributed by atoms with van der Waals surface area (Å²) in [5.41, 5.74) is 1.62. The highest BCUT2D eigenvalue weighted by Gasteiger charge is 2.53. The van der Waals surface area contributed by atoms with Gasteiger partial charge in [-0.15, -0.1) is 0 Å². The van der Waals surface area contributed by atoms with Crippen LogP contribution in [0.25, 0.3) is 0 Å². The molecule has 4 fully saturated rings. The van der Waals surface area contributed by atoms with Gasteiger partial charge in [0.15, 0.2) is 0 Å². The molecule has 0 saturated heterocycles. The van der Waals surface area contributed by atoms with Gasteiger partial charge >= 0.3 is 0 Å². The SMILES string of the molecule is C[C@H]1C(=O)Nc2ccc(S(=O)(=O)N[C@H](C)C34CC5CC(CC(C5)C3)C4)cc21. The summed E-state index contributed by atoms with van der Waals surface area (Å²) < 4.78 is 29.2. The first-order valence-corrected chi connectivity index (χ1v) is 11.7. The molecule has 5 nitrogen and oxygen atoms in total. The van der Waals surface area contributed by atoms with Gasteiger partial charge in [0.2, 0.25) is 15.9 Å². The zero-order chi connectivity index (χ0) is 19.0. The molecule has 27 heavy (non-hydrogen) atoms. The monoisotopic (exact) mass is 388 g/mol. The first-order valence-electron chi connectivity index (χ1n) is 10.2. The lowest BCUT2D eigenvalue weighted by Crippen LogP contribution is -2.55. The van der Waals surface area contributed by atoms with Crippen molar-refractivity contribution in [3.8, 4) is 0 Å². The number of hydrogen-bond donors (Lipinski definition) is 2. The Hall–Kier alpha value is -1.40. The molecule has 2 atom stereocenters. The van der Waals surface area contributed by atoms with E-state index in [1.54, 1.807) is 18.2 Å². The molecule has 4 saturated carbocycles. The molecule has 1 aromatic carbocycles. The van der Waals surface area contributed by atoms with Gasteiger partial charge in [-0.05, 0) is 99.3 Å². The zero-order valence-corrected chi connectivity index (χ0v) is 16.8. The van der Waals surface area contributed by atoms with E-state index in [-0.39, 0.29) is 28.2 Å². The van der Waals surface area contributed by atoms with Crippen molar-refractivity contribution in [2.75, 3.05) is 5.32 Å². The van der Waals surface area contributed by atoms with Crippen molar-refractivity contribution in [2.24, 2.45) is 23.2 Å². The first kappa shape index (κ1) is 17.7. The van der Waals surface area contributed by atoms with Gasteiger partial charge in [0.1, 0.15) is 0 Å². The van der Waals surface area contributed by atoms with Crippen LogP contribution in [-0.2, 0) is 14.8 Å². The first-order chi connectivity index (χ1) is 12.8. The number of carbonyl (C=O) groups is 1. The number of carbonyl (C=O) groups excluding carboxylic acids is 1. The third kappa shape index (κ3) is 2.75. The lowest BCUT2D eigenvalue weighted by atomic mass is 9.48. The summed E-state index contributed by atoms with van der Waals surface area (Å²) in [6, 6.07) is 4.92. The Bertz CT molecular complexity index is 873. The van der Waals surface area contributed by atoms with E-state index < -0.39 is 10.0 Å². The number of fused-ring (bicyclic) bond motifs is 1. The van der Waals surface area contributed by atoms with Gasteiger partial charge < -0.3 is 5.32 Å². The molecule has 2 N–H and O–H groups in total. The van der Waals surface area contributed by atoms with Crippen LogP contribution in [0, 0.1) is 23.2 Å². The van der Waals surface area contributed by atoms with Crippen LogP contribution in [0.4, 0.5) is 5.69 Å². The van der Waals surface area contributed by atoms with Crippen molar-refractivity contribution in [1.82, 2.24) is 4.72 Å². The topological polar surface area (TPSA) is 75.3 Å². The minimum atomic E-state index is -3.60. The molecular weight excluding hydrogens is 360 g/mol. The van der Waals surface area contributed by atoms with Crippen LogP contribution in [0.15, 0.2) is 23.1 Å². The number of nitrogens with one attached hydrogen (secondary N) is 2. The van der Waals surface area contributed by atoms with E-state index in [0.717, 1.165) is 29.0 Å². The van der Waals surface area contributed by atoms with Crippen molar-refractivity contribution >= 4 is 21.6 Å². The molecule has 146 valence electrons. The molecule has 1 aromatic rings. The predicted octanol–water partition coefficient (Wildman–Crippen LogP) is 3.63. The molecule has 1 amide bonds. The number of rotatable bonds is 4. The Labute approximate surface area is 161 Å². The molecule has 0 radical (unpaired) electrons. The van der Waals surface area contributed by atoms with E-state index in [9.17, 15) is 13.2 Å². The summed E-state index contributed by atoms with van der Waals surface area (Å²) in [7, 11) is -3.60. The van der Waals surface area contributed by atoms with Gasteiger partial charge in [-0.3, -0.25) is 4.79 Å². The highest BCUT2D eigenvalue weighted by Crippen LogP contribution is 2.61. The largest absolute Gasteiger partial charge is 0.325 e. The standard InChI is InChI=1S/C21H28N2O3S/c1-12-18-8-17(3-4-19(18)22-20(12)24)27(25,26)23-13(2)21-9-14-5-15(10-21)7-16(6-14)11-21/h3-4,8,12-16,23H,5-7,9-11H2,1-2H3,(H,22,24)/t12-,13-,14?,15?,16?,21?/m1/s1. The van der Waals surface area contributed by atoms with Crippen molar-refractivity contribution in [2.45, 2.75) is 69.2 Å². The summed E-state index contributed by atoms with van der Waals surface area (Å²) in [6.45, 7) is 3.87. The van der Waals surface area contributed by atoms with Crippen LogP contribution in [0.5, 0.6) is 0 Å². The van der Waals surface area contributed by atoms with Gasteiger partial charge in [0, 0.05) is 11.7 Å². The Morgan fingerprint density at radius 3 is 2.30 bits per heavy atom. The Balaban J connectivity index is 1.40. The van der Waals surface area contributed by atoms with E-state index in [1.807, 2.05) is 6.92 Å². The Kier molecular flexibility index (Phi) is 3.80. The fourth-order valence-electron chi connectivity index (χ4n) is 6.70. The van der Waals surface area contributed by atoms with E-state index in [0.29, 0.717) is 0 Å². The highest BCUT2D eigenvalue weighted by atomic mass is 32.2. The number of hydrogen-bond acceptors (Lipinski definition) is 3. The molecule has 1 aliphatic heterocycles. The van der Waals surface area contributed by atoms with E-state index >= 15 is 0 Å². The molecule has 4 aliphatic carbocycles. The lowest BCUT2D eigenvalue weighted by molar-refractivity contribution is -0.116. The fraction of sp³-hybridized carbons (Fsp3) is 0.667. The van der Waals surface area contributed by atoms with Crippen LogP contribution in [0.1, 0.15) is 63.9 Å². The predicted molar refractivity (Wildman–Crippen MR) is 104 cm³/mol. The maximum absolute atomic E-state index is 13.1. The summed E-state index contributed by atoms with van der Waals surface area (Å²) >= 11 is 0. The van der Waals surface area contributed by atoms with Crippen LogP contribution in [0.2, 0.25) is 0 Å². The molecule has 6 rings (SSSR count). The molecule has 0 unspecified atom stereocenters. The summed E-state index contributed by atoms with van der Waals surface area (Å²) in [5.74, 6) is 1.99. The minimum Gasteiger partial charge on any atom is -0.325 e. The summed E-state index contributed by atoms with van der Waals surface area (Å²) in [6.07, 6.45) is 7.56. The van der Waals surface area contributed by atoms with Crippen LogP contribution < -0.4 is 10.0 Å². The van der Waals surface area contributed by atoms with E-state index in [4.69, 9.17) is 0 Å². The van der Waals surface area contributed by atoms with Crippen molar-refractivity contribution in [1.29, 1.82) is 0 Å². The second-order valence-electron chi connectivity index (χ2n) is 9.58. The average Bonchev–Trinajstić information content (AvgIpc) is 2.87. The second kappa shape index (κ2) is 5.80. The van der Waals surface area contributed by atoms with Crippen molar-refractivity contribution in [3.63, 3.8) is 0 Å². The molecule has 4 bridgehead atoms. The van der Waals surface area contributed by atoms with E-state index in [2.05, 4.69) is 17.0 Å². The molecule has 1 heterocycles. The fourth-order valence-corrected chi connectivity index (χ4v) is 8.08. The van der Waals surface area contributed by atoms with Crippen LogP contribution in [0.3, 0.4) is 0 Å². The highest BCUT2D eigenvalue weighted by molar-refractivity contribution is 7.89. The van der Waals surface area contributed by atoms with Crippen LogP contribution >= 0.6 is 0 Å².